The van der Waals surface area contributed by atoms with Crippen molar-refractivity contribution in [2.24, 2.45) is 23.3 Å². The molecule has 1 aliphatic rings. The highest BCUT2D eigenvalue weighted by atomic mass is 16.6. The number of likely N-dealkylation sites (tertiary alicyclic amines) is 1. The Kier molecular flexibility index (Phi) is 7.00. The molecule has 1 fully saturated rings. The van der Waals surface area contributed by atoms with E-state index < -0.39 is 23.7 Å². The van der Waals surface area contributed by atoms with Gasteiger partial charge in [0, 0.05) is 12.1 Å². The lowest BCUT2D eigenvalue weighted by Gasteiger charge is -2.43. The molecule has 0 unspecified atom stereocenters. The van der Waals surface area contributed by atoms with E-state index in [0.717, 1.165) is 12.0 Å². The molecule has 1 aromatic rings. The van der Waals surface area contributed by atoms with Crippen LogP contribution in [0, 0.1) is 11.8 Å². The Morgan fingerprint density at radius 3 is 2.33 bits per heavy atom. The maximum absolute atomic E-state index is 13.1. The van der Waals surface area contributed by atoms with Crippen LogP contribution in [0.25, 0.3) is 0 Å². The summed E-state index contributed by atoms with van der Waals surface area (Å²) >= 11 is 0. The van der Waals surface area contributed by atoms with Crippen LogP contribution in [0.4, 0.5) is 4.79 Å². The molecule has 0 bridgehead atoms. The van der Waals surface area contributed by atoms with Gasteiger partial charge in [-0.05, 0) is 30.2 Å². The third kappa shape index (κ3) is 4.50. The van der Waals surface area contributed by atoms with Gasteiger partial charge in [0.2, 0.25) is 0 Å². The number of amides is 1. The second kappa shape index (κ2) is 8.85. The fourth-order valence-electron chi connectivity index (χ4n) is 3.92. The summed E-state index contributed by atoms with van der Waals surface area (Å²) in [6.07, 6.45) is 0.877. The molecule has 1 amide bonds. The molecule has 4 N–H and O–H groups in total. The fraction of sp³-hybridized carbons (Fsp3) is 0.619. The molecule has 2 atom stereocenters. The lowest BCUT2D eigenvalue weighted by molar-refractivity contribution is -0.127. The van der Waals surface area contributed by atoms with Crippen molar-refractivity contribution in [3.63, 3.8) is 0 Å². The number of benzene rings is 1. The maximum atomic E-state index is 13.1. The summed E-state index contributed by atoms with van der Waals surface area (Å²) < 4.78 is 5.42. The van der Waals surface area contributed by atoms with E-state index in [9.17, 15) is 9.59 Å². The van der Waals surface area contributed by atoms with Gasteiger partial charge in [-0.2, -0.15) is 0 Å². The zero-order valence-corrected chi connectivity index (χ0v) is 16.9. The second-order valence-corrected chi connectivity index (χ2v) is 8.08. The van der Waals surface area contributed by atoms with Crippen molar-refractivity contribution in [1.82, 2.24) is 4.90 Å². The molecular formula is C21H33N3O3. The predicted molar refractivity (Wildman–Crippen MR) is 106 cm³/mol. The minimum atomic E-state index is -0.829. The van der Waals surface area contributed by atoms with Gasteiger partial charge in [-0.3, -0.25) is 9.69 Å². The minimum Gasteiger partial charge on any atom is -0.445 e. The molecule has 150 valence electrons. The normalized spacial score (nSPS) is 18.8. The predicted octanol–water partition coefficient (Wildman–Crippen LogP) is 2.69. The smallest absolute Gasteiger partial charge is 0.410 e. The fourth-order valence-corrected chi connectivity index (χ4v) is 3.92. The van der Waals surface area contributed by atoms with Gasteiger partial charge < -0.3 is 16.2 Å². The number of hydrogen-bond donors (Lipinski definition) is 2. The molecule has 1 heterocycles. The van der Waals surface area contributed by atoms with Gasteiger partial charge in [0.15, 0.2) is 5.78 Å². The Labute approximate surface area is 162 Å². The number of rotatable bonds is 7. The number of hydrogen-bond acceptors (Lipinski definition) is 5. The highest BCUT2D eigenvalue weighted by Gasteiger charge is 2.47. The van der Waals surface area contributed by atoms with Crippen LogP contribution < -0.4 is 11.5 Å². The van der Waals surface area contributed by atoms with Crippen LogP contribution >= 0.6 is 0 Å². The van der Waals surface area contributed by atoms with E-state index >= 15 is 0 Å². The first-order chi connectivity index (χ1) is 12.7. The van der Waals surface area contributed by atoms with E-state index in [-0.39, 0.29) is 24.2 Å². The van der Waals surface area contributed by atoms with Crippen molar-refractivity contribution in [3.05, 3.63) is 35.9 Å². The van der Waals surface area contributed by atoms with E-state index in [0.29, 0.717) is 13.0 Å². The second-order valence-electron chi connectivity index (χ2n) is 8.08. The molecule has 1 aliphatic heterocycles. The number of carbonyl (C=O) groups excluding carboxylic acids is 2. The van der Waals surface area contributed by atoms with Gasteiger partial charge in [-0.15, -0.1) is 0 Å². The largest absolute Gasteiger partial charge is 0.445 e. The number of carbonyl (C=O) groups is 2. The van der Waals surface area contributed by atoms with Crippen molar-refractivity contribution < 1.29 is 14.3 Å². The Balaban J connectivity index is 2.07. The molecular weight excluding hydrogens is 342 g/mol. The highest BCUT2D eigenvalue weighted by Crippen LogP contribution is 2.30. The first-order valence-corrected chi connectivity index (χ1v) is 9.75. The number of nitrogens with zero attached hydrogens (tertiary/aromatic N) is 1. The Morgan fingerprint density at radius 2 is 1.78 bits per heavy atom. The van der Waals surface area contributed by atoms with Crippen LogP contribution in [0.2, 0.25) is 0 Å². The monoisotopic (exact) mass is 375 g/mol. The average Bonchev–Trinajstić information content (AvgIpc) is 3.14. The van der Waals surface area contributed by atoms with Crippen molar-refractivity contribution in [3.8, 4) is 0 Å². The van der Waals surface area contributed by atoms with Gasteiger partial charge >= 0.3 is 6.09 Å². The molecule has 0 saturated carbocycles. The molecule has 1 saturated heterocycles. The molecule has 0 radical (unpaired) electrons. The van der Waals surface area contributed by atoms with Gasteiger partial charge in [0.05, 0.1) is 12.1 Å². The molecule has 27 heavy (non-hydrogen) atoms. The van der Waals surface area contributed by atoms with Crippen LogP contribution in [-0.2, 0) is 16.1 Å². The summed E-state index contributed by atoms with van der Waals surface area (Å²) in [6.45, 7) is 8.60. The van der Waals surface area contributed by atoms with Crippen LogP contribution in [0.15, 0.2) is 30.3 Å². The summed E-state index contributed by atoms with van der Waals surface area (Å²) in [5, 5.41) is 0. The topological polar surface area (TPSA) is 98.6 Å². The highest BCUT2D eigenvalue weighted by molar-refractivity contribution is 5.93. The van der Waals surface area contributed by atoms with E-state index in [1.165, 1.54) is 4.90 Å². The van der Waals surface area contributed by atoms with Gasteiger partial charge in [0.25, 0.3) is 0 Å². The summed E-state index contributed by atoms with van der Waals surface area (Å²) in [4.78, 5) is 27.2. The standard InChI is InChI=1S/C21H33N3O3/c1-14(2)21(23,15(3)4)19(22)18(25)17-11-8-12-24(17)20(26)27-13-16-9-6-5-7-10-16/h5-7,9-10,14-15,17,19H,8,11-13,22-23H2,1-4H3/t17-,19+/m0/s1. The van der Waals surface area contributed by atoms with E-state index in [1.54, 1.807) is 0 Å². The zero-order chi connectivity index (χ0) is 20.2. The van der Waals surface area contributed by atoms with Gasteiger partial charge in [0.1, 0.15) is 6.61 Å². The summed E-state index contributed by atoms with van der Waals surface area (Å²) in [5.74, 6) is -0.0956. The molecule has 2 rings (SSSR count). The van der Waals surface area contributed by atoms with Crippen molar-refractivity contribution in [2.45, 2.75) is 64.8 Å². The lowest BCUT2D eigenvalue weighted by Crippen LogP contribution is -2.67. The minimum absolute atomic E-state index is 0.0383. The van der Waals surface area contributed by atoms with Crippen molar-refractivity contribution in [1.29, 1.82) is 0 Å². The molecule has 0 aromatic heterocycles. The van der Waals surface area contributed by atoms with Crippen molar-refractivity contribution >= 4 is 11.9 Å². The number of ketones is 1. The SMILES string of the molecule is CC(C)C(N)(C(C)C)[C@H](N)C(=O)[C@@H]1CCCN1C(=O)OCc1ccccc1. The lowest BCUT2D eigenvalue weighted by atomic mass is 9.70. The Morgan fingerprint density at radius 1 is 1.19 bits per heavy atom. The van der Waals surface area contributed by atoms with Crippen molar-refractivity contribution in [2.75, 3.05) is 6.54 Å². The maximum Gasteiger partial charge on any atom is 0.410 e. The number of nitrogens with two attached hydrogens (primary N) is 2. The summed E-state index contributed by atoms with van der Waals surface area (Å²) in [6, 6.07) is 8.08. The Hall–Kier alpha value is -1.92. The third-order valence-electron chi connectivity index (χ3n) is 5.87. The molecule has 6 nitrogen and oxygen atoms in total. The van der Waals surface area contributed by atoms with E-state index in [4.69, 9.17) is 16.2 Å². The third-order valence-corrected chi connectivity index (χ3v) is 5.87. The molecule has 0 aliphatic carbocycles. The Bertz CT molecular complexity index is 637. The zero-order valence-electron chi connectivity index (χ0n) is 16.9. The molecule has 6 heteroatoms. The van der Waals surface area contributed by atoms with E-state index in [2.05, 4.69) is 0 Å². The van der Waals surface area contributed by atoms with E-state index in [1.807, 2.05) is 58.0 Å². The summed E-state index contributed by atoms with van der Waals surface area (Å²) in [5.41, 5.74) is 13.0. The van der Waals surface area contributed by atoms with Crippen LogP contribution in [-0.4, -0.2) is 40.9 Å². The number of Topliss-reactive ketones (excluding diaryl/α,β-unsaturated/α-hetero) is 1. The van der Waals surface area contributed by atoms with Gasteiger partial charge in [-0.25, -0.2) is 4.79 Å². The molecule has 0 spiro atoms. The number of ether oxygens (including phenoxy) is 1. The average molecular weight is 376 g/mol. The quantitative estimate of drug-likeness (QED) is 0.763. The first kappa shape index (κ1) is 21.4. The van der Waals surface area contributed by atoms with Gasteiger partial charge in [-0.1, -0.05) is 58.0 Å². The first-order valence-electron chi connectivity index (χ1n) is 9.75. The van der Waals surface area contributed by atoms with Crippen LogP contribution in [0.1, 0.15) is 46.1 Å². The van der Waals surface area contributed by atoms with Crippen LogP contribution in [0.5, 0.6) is 0 Å². The molecule has 1 aromatic carbocycles. The van der Waals surface area contributed by atoms with Crippen LogP contribution in [0.3, 0.4) is 0 Å². The summed E-state index contributed by atoms with van der Waals surface area (Å²) in [7, 11) is 0.